The number of rotatable bonds is 8. The first kappa shape index (κ1) is 24.6. The molecule has 0 aromatic carbocycles. The maximum Gasteiger partial charge on any atom is 0.332 e. The van der Waals surface area contributed by atoms with Crippen LogP contribution >= 0.6 is 0 Å². The molecule has 0 radical (unpaired) electrons. The van der Waals surface area contributed by atoms with Crippen molar-refractivity contribution in [3.8, 4) is 0 Å². The molecule has 0 unspecified atom stereocenters. The van der Waals surface area contributed by atoms with Crippen LogP contribution in [0.1, 0.15) is 60.1 Å². The van der Waals surface area contributed by atoms with Gasteiger partial charge in [-0.1, -0.05) is 33.6 Å². The monoisotopic (exact) mass is 467 g/mol. The van der Waals surface area contributed by atoms with Crippen molar-refractivity contribution >= 4 is 29.0 Å². The van der Waals surface area contributed by atoms with Crippen LogP contribution in [0.4, 0.5) is 10.3 Å². The molecule has 2 aromatic heterocycles. The summed E-state index contributed by atoms with van der Waals surface area (Å²) in [5.74, 6) is -1.60. The van der Waals surface area contributed by atoms with Crippen LogP contribution in [0, 0.1) is 5.92 Å². The van der Waals surface area contributed by atoms with Crippen LogP contribution in [-0.4, -0.2) is 49.4 Å². The number of nitrogens with zero attached hydrogens (tertiary/aromatic N) is 3. The molecule has 2 aromatic rings. The lowest BCUT2D eigenvalue weighted by atomic mass is 9.97. The molecule has 12 heteroatoms. The molecule has 0 bridgehead atoms. The molecular formula is C21H30FN5O6. The number of fused-ring (bicyclic) bond motifs is 1. The van der Waals surface area contributed by atoms with Crippen LogP contribution in [0.5, 0.6) is 0 Å². The van der Waals surface area contributed by atoms with Crippen molar-refractivity contribution in [2.75, 3.05) is 5.32 Å². The zero-order valence-electron chi connectivity index (χ0n) is 19.4. The van der Waals surface area contributed by atoms with Crippen molar-refractivity contribution in [1.29, 1.82) is 0 Å². The number of unbranched alkanes of at least 4 members (excludes halogenated alkanes) is 1. The Balaban J connectivity index is 2.26. The Morgan fingerprint density at radius 1 is 1.30 bits per heavy atom. The second-order valence-corrected chi connectivity index (χ2v) is 8.32. The summed E-state index contributed by atoms with van der Waals surface area (Å²) in [5.41, 5.74) is -1.42. The second kappa shape index (κ2) is 9.86. The number of amides is 1. The summed E-state index contributed by atoms with van der Waals surface area (Å²) in [4.78, 5) is 56.3. The molecule has 1 fully saturated rings. The summed E-state index contributed by atoms with van der Waals surface area (Å²) in [6.45, 7) is 8.22. The molecule has 182 valence electrons. The van der Waals surface area contributed by atoms with Crippen molar-refractivity contribution < 1.29 is 23.5 Å². The van der Waals surface area contributed by atoms with Crippen molar-refractivity contribution in [1.82, 2.24) is 19.1 Å². The topological polar surface area (TPSA) is 137 Å². The molecule has 11 nitrogen and oxygen atoms in total. The van der Waals surface area contributed by atoms with Gasteiger partial charge in [-0.15, -0.1) is 0 Å². The average molecular weight is 467 g/mol. The minimum atomic E-state index is -1.69. The van der Waals surface area contributed by atoms with E-state index in [2.05, 4.69) is 15.3 Å². The van der Waals surface area contributed by atoms with E-state index in [1.165, 1.54) is 11.5 Å². The first-order valence-corrected chi connectivity index (χ1v) is 11.1. The van der Waals surface area contributed by atoms with Gasteiger partial charge in [-0.05, 0) is 12.3 Å². The fourth-order valence-electron chi connectivity index (χ4n) is 4.02. The molecule has 3 heterocycles. The molecule has 1 saturated heterocycles. The molecule has 2 N–H and O–H groups in total. The minimum absolute atomic E-state index is 0.0323. The van der Waals surface area contributed by atoms with Gasteiger partial charge in [0.2, 0.25) is 11.9 Å². The Labute approximate surface area is 189 Å². The number of halogens is 1. The normalized spacial score (nSPS) is 23.6. The number of imidazole rings is 1. The van der Waals surface area contributed by atoms with Gasteiger partial charge >= 0.3 is 11.7 Å². The number of aromatic amines is 1. The van der Waals surface area contributed by atoms with Gasteiger partial charge in [0, 0.05) is 20.4 Å². The fraction of sp³-hybridized carbons (Fsp3) is 0.667. The van der Waals surface area contributed by atoms with Gasteiger partial charge in [-0.25, -0.2) is 13.8 Å². The molecule has 0 aliphatic carbocycles. The number of hydrogen-bond acceptors (Lipinski definition) is 7. The number of anilines is 1. The predicted octanol–water partition coefficient (Wildman–Crippen LogP) is 1.86. The quantitative estimate of drug-likeness (QED) is 0.565. The van der Waals surface area contributed by atoms with E-state index in [0.717, 1.165) is 17.9 Å². The first-order chi connectivity index (χ1) is 15.6. The van der Waals surface area contributed by atoms with E-state index in [0.29, 0.717) is 12.8 Å². The lowest BCUT2D eigenvalue weighted by Crippen LogP contribution is -2.37. The number of carbonyl (C=O) groups is 2. The summed E-state index contributed by atoms with van der Waals surface area (Å²) in [5, 5.41) is 2.39. The lowest BCUT2D eigenvalue weighted by molar-refractivity contribution is -0.154. The number of nitrogens with one attached hydrogen (secondary N) is 2. The standard InChI is InChI=1S/C21H30FN5O6/c1-6-8-9-26-14-17(24-20(23-11(4)28)25-18(14)30)27(21(26)31)19-16(32-12(5)29)13(22)15(33-19)10(3)7-2/h10,13,15-16,19H,6-9H2,1-5H3,(H2,23,24,25,28,30)/t10-,13-,15+,16+,19+/m0/s1. The number of H-pyrrole nitrogens is 1. The first-order valence-electron chi connectivity index (χ1n) is 11.1. The molecule has 0 saturated carbocycles. The van der Waals surface area contributed by atoms with Crippen LogP contribution in [0.2, 0.25) is 0 Å². The van der Waals surface area contributed by atoms with Crippen molar-refractivity contribution in [2.45, 2.75) is 85.0 Å². The van der Waals surface area contributed by atoms with Crippen LogP contribution in [0.3, 0.4) is 0 Å². The van der Waals surface area contributed by atoms with Gasteiger partial charge in [-0.2, -0.15) is 4.98 Å². The summed E-state index contributed by atoms with van der Waals surface area (Å²) in [7, 11) is 0. The molecule has 5 atom stereocenters. The Kier molecular flexibility index (Phi) is 7.35. The SMILES string of the molecule is CCCCn1c(=O)n([C@@H]2O[C@H]([C@@H](C)CC)[C@H](F)[C@H]2OC(C)=O)c2nc(NC(C)=O)[nH]c(=O)c21. The molecular weight excluding hydrogens is 437 g/mol. The molecule has 1 amide bonds. The summed E-state index contributed by atoms with van der Waals surface area (Å²) in [6, 6.07) is 0. The van der Waals surface area contributed by atoms with Crippen molar-refractivity contribution in [3.63, 3.8) is 0 Å². The van der Waals surface area contributed by atoms with E-state index < -0.39 is 47.7 Å². The molecule has 33 heavy (non-hydrogen) atoms. The van der Waals surface area contributed by atoms with Gasteiger partial charge in [0.25, 0.3) is 5.56 Å². The van der Waals surface area contributed by atoms with Gasteiger partial charge in [0.1, 0.15) is 0 Å². The highest BCUT2D eigenvalue weighted by atomic mass is 19.1. The van der Waals surface area contributed by atoms with Crippen molar-refractivity contribution in [3.05, 3.63) is 20.8 Å². The number of alkyl halides is 1. The zero-order valence-corrected chi connectivity index (χ0v) is 19.4. The van der Waals surface area contributed by atoms with E-state index in [4.69, 9.17) is 9.47 Å². The highest BCUT2D eigenvalue weighted by molar-refractivity contribution is 5.87. The Hall–Kier alpha value is -3.02. The van der Waals surface area contributed by atoms with E-state index >= 15 is 4.39 Å². The number of aromatic nitrogens is 4. The van der Waals surface area contributed by atoms with E-state index in [-0.39, 0.29) is 29.6 Å². The summed E-state index contributed by atoms with van der Waals surface area (Å²) in [6.07, 6.45) is -3.40. The molecule has 3 rings (SSSR count). The maximum absolute atomic E-state index is 15.4. The molecule has 0 spiro atoms. The summed E-state index contributed by atoms with van der Waals surface area (Å²) >= 11 is 0. The second-order valence-electron chi connectivity index (χ2n) is 8.32. The number of esters is 1. The average Bonchev–Trinajstić information content (AvgIpc) is 3.19. The van der Waals surface area contributed by atoms with Gasteiger partial charge in [0.15, 0.2) is 29.7 Å². The van der Waals surface area contributed by atoms with E-state index in [9.17, 15) is 19.2 Å². The zero-order chi connectivity index (χ0) is 24.4. The fourth-order valence-corrected chi connectivity index (χ4v) is 4.02. The predicted molar refractivity (Wildman–Crippen MR) is 118 cm³/mol. The Morgan fingerprint density at radius 2 is 2.00 bits per heavy atom. The number of aryl methyl sites for hydroxylation is 1. The van der Waals surface area contributed by atoms with E-state index in [1.807, 2.05) is 13.8 Å². The largest absolute Gasteiger partial charge is 0.454 e. The third-order valence-corrected chi connectivity index (χ3v) is 5.81. The summed E-state index contributed by atoms with van der Waals surface area (Å²) < 4.78 is 28.9. The van der Waals surface area contributed by atoms with Crippen LogP contribution in [0.25, 0.3) is 11.2 Å². The number of carbonyl (C=O) groups excluding carboxylic acids is 2. The van der Waals surface area contributed by atoms with Gasteiger partial charge in [0.05, 0.1) is 6.10 Å². The maximum atomic E-state index is 15.4. The number of ether oxygens (including phenoxy) is 2. The van der Waals surface area contributed by atoms with E-state index in [1.54, 1.807) is 6.92 Å². The highest BCUT2D eigenvalue weighted by Gasteiger charge is 2.51. The van der Waals surface area contributed by atoms with Crippen LogP contribution < -0.4 is 16.6 Å². The van der Waals surface area contributed by atoms with Crippen LogP contribution in [-0.2, 0) is 25.6 Å². The molecule has 1 aliphatic rings. The van der Waals surface area contributed by atoms with Crippen molar-refractivity contribution in [2.24, 2.45) is 5.92 Å². The minimum Gasteiger partial charge on any atom is -0.454 e. The number of hydrogen-bond donors (Lipinski definition) is 2. The van der Waals surface area contributed by atoms with Gasteiger partial charge < -0.3 is 9.47 Å². The highest BCUT2D eigenvalue weighted by Crippen LogP contribution is 2.38. The molecule has 1 aliphatic heterocycles. The lowest BCUT2D eigenvalue weighted by Gasteiger charge is -2.20. The van der Waals surface area contributed by atoms with Gasteiger partial charge in [-0.3, -0.25) is 29.3 Å². The smallest absolute Gasteiger partial charge is 0.332 e. The third kappa shape index (κ3) is 4.70. The Morgan fingerprint density at radius 3 is 2.58 bits per heavy atom. The van der Waals surface area contributed by atoms with Crippen LogP contribution in [0.15, 0.2) is 9.59 Å². The third-order valence-electron chi connectivity index (χ3n) is 5.81. The Bertz CT molecular complexity index is 1150.